The zero-order chi connectivity index (χ0) is 12.1. The van der Waals surface area contributed by atoms with Crippen LogP contribution in [0.3, 0.4) is 0 Å². The number of rotatable bonds is 5. The predicted octanol–water partition coefficient (Wildman–Crippen LogP) is 1.28. The molecular weight excluding hydrogens is 240 g/mol. The van der Waals surface area contributed by atoms with Gasteiger partial charge in [0, 0.05) is 12.2 Å². The molecule has 0 amide bonds. The minimum Gasteiger partial charge on any atom is -0.390 e. The van der Waals surface area contributed by atoms with Crippen LogP contribution in [0.25, 0.3) is 5.69 Å². The maximum Gasteiger partial charge on any atom is 0.0847 e. The molecule has 2 rings (SSSR count). The SMILES string of the molecule is OC(CCl)CNc1ccc(-n2ccnn2)cc1. The lowest BCUT2D eigenvalue weighted by Crippen LogP contribution is -2.20. The van der Waals surface area contributed by atoms with Crippen LogP contribution in [-0.4, -0.2) is 38.6 Å². The van der Waals surface area contributed by atoms with Crippen molar-refractivity contribution in [3.8, 4) is 5.69 Å². The van der Waals surface area contributed by atoms with Crippen molar-refractivity contribution in [3.05, 3.63) is 36.7 Å². The molecule has 0 saturated carbocycles. The van der Waals surface area contributed by atoms with Gasteiger partial charge in [-0.15, -0.1) is 16.7 Å². The van der Waals surface area contributed by atoms with Gasteiger partial charge in [0.15, 0.2) is 0 Å². The summed E-state index contributed by atoms with van der Waals surface area (Å²) in [5, 5.41) is 20.0. The molecule has 1 unspecified atom stereocenters. The van der Waals surface area contributed by atoms with E-state index >= 15 is 0 Å². The average molecular weight is 253 g/mol. The van der Waals surface area contributed by atoms with Gasteiger partial charge in [-0.3, -0.25) is 0 Å². The lowest BCUT2D eigenvalue weighted by molar-refractivity contribution is 0.211. The van der Waals surface area contributed by atoms with E-state index in [9.17, 15) is 5.11 Å². The van der Waals surface area contributed by atoms with E-state index in [1.807, 2.05) is 24.3 Å². The number of aliphatic hydroxyl groups excluding tert-OH is 1. The van der Waals surface area contributed by atoms with Crippen LogP contribution in [0.4, 0.5) is 5.69 Å². The lowest BCUT2D eigenvalue weighted by Gasteiger charge is -2.10. The molecule has 0 aliphatic rings. The highest BCUT2D eigenvalue weighted by atomic mass is 35.5. The second-order valence-corrected chi connectivity index (χ2v) is 3.89. The van der Waals surface area contributed by atoms with Crippen molar-refractivity contribution in [2.24, 2.45) is 0 Å². The van der Waals surface area contributed by atoms with Gasteiger partial charge >= 0.3 is 0 Å². The van der Waals surface area contributed by atoms with E-state index in [4.69, 9.17) is 11.6 Å². The van der Waals surface area contributed by atoms with Crippen LogP contribution in [-0.2, 0) is 0 Å². The van der Waals surface area contributed by atoms with Crippen molar-refractivity contribution in [3.63, 3.8) is 0 Å². The molecule has 0 bridgehead atoms. The maximum absolute atomic E-state index is 9.31. The monoisotopic (exact) mass is 252 g/mol. The summed E-state index contributed by atoms with van der Waals surface area (Å²) in [4.78, 5) is 0. The van der Waals surface area contributed by atoms with Gasteiger partial charge in [-0.2, -0.15) is 0 Å². The first-order chi connectivity index (χ1) is 8.29. The third-order valence-corrected chi connectivity index (χ3v) is 2.63. The van der Waals surface area contributed by atoms with E-state index in [-0.39, 0.29) is 5.88 Å². The number of benzene rings is 1. The van der Waals surface area contributed by atoms with Gasteiger partial charge in [0.1, 0.15) is 0 Å². The molecule has 0 fully saturated rings. The quantitative estimate of drug-likeness (QED) is 0.787. The highest BCUT2D eigenvalue weighted by molar-refractivity contribution is 6.18. The topological polar surface area (TPSA) is 63.0 Å². The van der Waals surface area contributed by atoms with Crippen LogP contribution >= 0.6 is 11.6 Å². The van der Waals surface area contributed by atoms with Crippen molar-refractivity contribution < 1.29 is 5.11 Å². The molecule has 5 nitrogen and oxygen atoms in total. The van der Waals surface area contributed by atoms with Crippen molar-refractivity contribution >= 4 is 17.3 Å². The van der Waals surface area contributed by atoms with Crippen LogP contribution in [0, 0.1) is 0 Å². The Balaban J connectivity index is 1.99. The highest BCUT2D eigenvalue weighted by Crippen LogP contribution is 2.12. The van der Waals surface area contributed by atoms with Gasteiger partial charge in [0.05, 0.1) is 30.1 Å². The fourth-order valence-electron chi connectivity index (χ4n) is 1.37. The van der Waals surface area contributed by atoms with Gasteiger partial charge in [0.2, 0.25) is 0 Å². The summed E-state index contributed by atoms with van der Waals surface area (Å²) >= 11 is 5.50. The second-order valence-electron chi connectivity index (χ2n) is 3.58. The van der Waals surface area contributed by atoms with Gasteiger partial charge in [-0.1, -0.05) is 5.21 Å². The third kappa shape index (κ3) is 3.18. The summed E-state index contributed by atoms with van der Waals surface area (Å²) in [6.07, 6.45) is 2.87. The van der Waals surface area contributed by atoms with Gasteiger partial charge in [-0.05, 0) is 24.3 Å². The van der Waals surface area contributed by atoms with E-state index in [1.165, 1.54) is 0 Å². The van der Waals surface area contributed by atoms with E-state index in [0.717, 1.165) is 11.4 Å². The number of aromatic nitrogens is 3. The molecule has 2 N–H and O–H groups in total. The first kappa shape index (κ1) is 11.9. The number of nitrogens with zero attached hydrogens (tertiary/aromatic N) is 3. The van der Waals surface area contributed by atoms with Crippen LogP contribution in [0.2, 0.25) is 0 Å². The number of hydrogen-bond acceptors (Lipinski definition) is 4. The zero-order valence-electron chi connectivity index (χ0n) is 9.12. The number of nitrogens with one attached hydrogen (secondary N) is 1. The molecule has 0 aliphatic heterocycles. The van der Waals surface area contributed by atoms with E-state index < -0.39 is 6.10 Å². The molecule has 1 aromatic heterocycles. The van der Waals surface area contributed by atoms with Gasteiger partial charge < -0.3 is 10.4 Å². The Bertz CT molecular complexity index is 443. The van der Waals surface area contributed by atoms with E-state index in [0.29, 0.717) is 6.54 Å². The standard InChI is InChI=1S/C11H13ClN4O/c12-7-11(17)8-13-9-1-3-10(4-2-9)16-6-5-14-15-16/h1-6,11,13,17H,7-8H2. The number of alkyl halides is 1. The lowest BCUT2D eigenvalue weighted by atomic mass is 10.2. The zero-order valence-corrected chi connectivity index (χ0v) is 9.88. The molecule has 1 atom stereocenters. The van der Waals surface area contributed by atoms with Crippen LogP contribution in [0.5, 0.6) is 0 Å². The summed E-state index contributed by atoms with van der Waals surface area (Å²) in [6, 6.07) is 7.67. The fourth-order valence-corrected chi connectivity index (χ4v) is 1.48. The van der Waals surface area contributed by atoms with E-state index in [2.05, 4.69) is 15.6 Å². The number of hydrogen-bond donors (Lipinski definition) is 2. The summed E-state index contributed by atoms with van der Waals surface area (Å²) in [7, 11) is 0. The molecule has 0 spiro atoms. The molecule has 90 valence electrons. The van der Waals surface area contributed by atoms with Crippen LogP contribution in [0.1, 0.15) is 0 Å². The van der Waals surface area contributed by atoms with Crippen LogP contribution in [0.15, 0.2) is 36.7 Å². The molecule has 6 heteroatoms. The Hall–Kier alpha value is -1.59. The van der Waals surface area contributed by atoms with Gasteiger partial charge in [-0.25, -0.2) is 4.68 Å². The Morgan fingerprint density at radius 3 is 2.71 bits per heavy atom. The Labute approximate surface area is 104 Å². The fraction of sp³-hybridized carbons (Fsp3) is 0.273. The Kier molecular flexibility index (Phi) is 3.95. The molecule has 1 heterocycles. The predicted molar refractivity (Wildman–Crippen MR) is 66.6 cm³/mol. The summed E-state index contributed by atoms with van der Waals surface area (Å²) < 4.78 is 1.68. The third-order valence-electron chi connectivity index (χ3n) is 2.27. The molecule has 0 saturated heterocycles. The van der Waals surface area contributed by atoms with Crippen molar-refractivity contribution in [1.82, 2.24) is 15.0 Å². The molecule has 1 aromatic carbocycles. The molecule has 17 heavy (non-hydrogen) atoms. The first-order valence-electron chi connectivity index (χ1n) is 5.24. The van der Waals surface area contributed by atoms with Crippen molar-refractivity contribution in [2.45, 2.75) is 6.10 Å². The Morgan fingerprint density at radius 2 is 2.12 bits per heavy atom. The van der Waals surface area contributed by atoms with Crippen molar-refractivity contribution in [1.29, 1.82) is 0 Å². The molecule has 0 radical (unpaired) electrons. The summed E-state index contributed by atoms with van der Waals surface area (Å²) in [6.45, 7) is 0.437. The number of anilines is 1. The average Bonchev–Trinajstić information content (AvgIpc) is 2.90. The van der Waals surface area contributed by atoms with Crippen molar-refractivity contribution in [2.75, 3.05) is 17.7 Å². The Morgan fingerprint density at radius 1 is 1.35 bits per heavy atom. The molecule has 2 aromatic rings. The smallest absolute Gasteiger partial charge is 0.0847 e. The largest absolute Gasteiger partial charge is 0.390 e. The summed E-state index contributed by atoms with van der Waals surface area (Å²) in [5.74, 6) is 0.226. The number of aliphatic hydroxyl groups is 1. The summed E-state index contributed by atoms with van der Waals surface area (Å²) in [5.41, 5.74) is 1.86. The first-order valence-corrected chi connectivity index (χ1v) is 5.77. The molecule has 0 aliphatic carbocycles. The highest BCUT2D eigenvalue weighted by Gasteiger charge is 2.01. The minimum atomic E-state index is -0.536. The number of halogens is 1. The molecular formula is C11H13ClN4O. The van der Waals surface area contributed by atoms with E-state index in [1.54, 1.807) is 17.1 Å². The second kappa shape index (κ2) is 5.65. The van der Waals surface area contributed by atoms with Gasteiger partial charge in [0.25, 0.3) is 0 Å². The minimum absolute atomic E-state index is 0.226. The van der Waals surface area contributed by atoms with Crippen LogP contribution < -0.4 is 5.32 Å². The normalized spacial score (nSPS) is 12.4. The maximum atomic E-state index is 9.31.